The molecular weight excluding hydrogens is 459 g/mol. The highest BCUT2D eigenvalue weighted by Crippen LogP contribution is 2.20. The average Bonchev–Trinajstić information content (AvgIpc) is 3.16. The fourth-order valence-corrected chi connectivity index (χ4v) is 4.23. The van der Waals surface area contributed by atoms with Crippen molar-refractivity contribution < 1.29 is 0 Å². The fraction of sp³-hybridized carbons (Fsp3) is 0.722. The van der Waals surface area contributed by atoms with Crippen LogP contribution in [0.1, 0.15) is 44.9 Å². The highest BCUT2D eigenvalue weighted by molar-refractivity contribution is 14.0. The van der Waals surface area contributed by atoms with Crippen molar-refractivity contribution in [1.29, 1.82) is 0 Å². The smallest absolute Gasteiger partial charge is 0.205 e. The Morgan fingerprint density at radius 2 is 2.08 bits per heavy atom. The third-order valence-corrected chi connectivity index (χ3v) is 5.76. The first kappa shape index (κ1) is 21.4. The van der Waals surface area contributed by atoms with Gasteiger partial charge in [0.25, 0.3) is 0 Å². The SMILES string of the molecule is CCc1nsc(N2CCN(C(=NC)NCCC3=CCCCC3)CC2)n1.I. The number of aliphatic imine (C=N–C) groups is 1. The maximum Gasteiger partial charge on any atom is 0.205 e. The highest BCUT2D eigenvalue weighted by Gasteiger charge is 2.21. The number of hydrogen-bond donors (Lipinski definition) is 1. The van der Waals surface area contributed by atoms with Crippen molar-refractivity contribution in [3.05, 3.63) is 17.5 Å². The van der Waals surface area contributed by atoms with E-state index in [4.69, 9.17) is 0 Å². The molecule has 0 radical (unpaired) electrons. The summed E-state index contributed by atoms with van der Waals surface area (Å²) in [5, 5.41) is 4.60. The summed E-state index contributed by atoms with van der Waals surface area (Å²) in [6.45, 7) is 6.99. The van der Waals surface area contributed by atoms with Gasteiger partial charge in [0.05, 0.1) is 0 Å². The summed E-state index contributed by atoms with van der Waals surface area (Å²) in [4.78, 5) is 13.8. The van der Waals surface area contributed by atoms with E-state index in [1.54, 1.807) is 5.57 Å². The number of aryl methyl sites for hydroxylation is 1. The van der Waals surface area contributed by atoms with Crippen LogP contribution in [0.15, 0.2) is 16.6 Å². The van der Waals surface area contributed by atoms with Crippen LogP contribution >= 0.6 is 35.5 Å². The zero-order valence-corrected chi connectivity index (χ0v) is 19.1. The molecule has 3 rings (SSSR count). The first-order valence-corrected chi connectivity index (χ1v) is 10.3. The molecule has 1 N–H and O–H groups in total. The molecule has 146 valence electrons. The van der Waals surface area contributed by atoms with Gasteiger partial charge in [0.2, 0.25) is 5.13 Å². The summed E-state index contributed by atoms with van der Waals surface area (Å²) in [7, 11) is 1.88. The fourth-order valence-electron chi connectivity index (χ4n) is 3.43. The molecule has 1 saturated heterocycles. The van der Waals surface area contributed by atoms with Crippen LogP contribution in [0.2, 0.25) is 0 Å². The molecule has 1 aliphatic heterocycles. The molecule has 1 aromatic rings. The molecule has 0 aromatic carbocycles. The molecule has 6 nitrogen and oxygen atoms in total. The molecule has 0 atom stereocenters. The minimum atomic E-state index is 0. The summed E-state index contributed by atoms with van der Waals surface area (Å²) in [6.07, 6.45) is 9.73. The molecule has 2 aliphatic rings. The van der Waals surface area contributed by atoms with Gasteiger partial charge in [0.1, 0.15) is 5.82 Å². The number of hydrogen-bond acceptors (Lipinski definition) is 5. The molecule has 8 heteroatoms. The van der Waals surface area contributed by atoms with Crippen LogP contribution in [0.25, 0.3) is 0 Å². The van der Waals surface area contributed by atoms with Crippen LogP contribution < -0.4 is 10.2 Å². The number of rotatable bonds is 5. The molecule has 0 amide bonds. The van der Waals surface area contributed by atoms with E-state index in [1.807, 2.05) is 7.05 Å². The Morgan fingerprint density at radius 3 is 2.69 bits per heavy atom. The second-order valence-electron chi connectivity index (χ2n) is 6.65. The summed E-state index contributed by atoms with van der Waals surface area (Å²) >= 11 is 1.52. The second-order valence-corrected chi connectivity index (χ2v) is 7.38. The third kappa shape index (κ3) is 5.80. The number of allylic oxidation sites excluding steroid dienone is 1. The van der Waals surface area contributed by atoms with E-state index >= 15 is 0 Å². The monoisotopic (exact) mass is 490 g/mol. The molecule has 1 fully saturated rings. The molecular formula is C18H31IN6S. The predicted octanol–water partition coefficient (Wildman–Crippen LogP) is 3.31. The Morgan fingerprint density at radius 1 is 1.27 bits per heavy atom. The number of nitrogens with zero attached hydrogens (tertiary/aromatic N) is 5. The largest absolute Gasteiger partial charge is 0.356 e. The van der Waals surface area contributed by atoms with Crippen molar-refractivity contribution in [2.24, 2.45) is 4.99 Å². The lowest BCUT2D eigenvalue weighted by atomic mass is 9.97. The Balaban J connectivity index is 0.00000243. The van der Waals surface area contributed by atoms with Crippen molar-refractivity contribution in [2.45, 2.75) is 45.4 Å². The van der Waals surface area contributed by atoms with Gasteiger partial charge in [-0.05, 0) is 32.1 Å². The lowest BCUT2D eigenvalue weighted by molar-refractivity contribution is 0.372. The van der Waals surface area contributed by atoms with E-state index in [9.17, 15) is 0 Å². The lowest BCUT2D eigenvalue weighted by Gasteiger charge is -2.36. The number of guanidine groups is 1. The van der Waals surface area contributed by atoms with E-state index in [0.29, 0.717) is 0 Å². The Kier molecular flexibility index (Phi) is 9.10. The molecule has 1 aliphatic carbocycles. The van der Waals surface area contributed by atoms with Crippen LogP contribution in [0, 0.1) is 0 Å². The Bertz CT molecular complexity index is 607. The van der Waals surface area contributed by atoms with Gasteiger partial charge in [0, 0.05) is 57.7 Å². The van der Waals surface area contributed by atoms with Crippen molar-refractivity contribution in [1.82, 2.24) is 19.6 Å². The van der Waals surface area contributed by atoms with Crippen LogP contribution in [-0.4, -0.2) is 60.0 Å². The lowest BCUT2D eigenvalue weighted by Crippen LogP contribution is -2.52. The minimum absolute atomic E-state index is 0. The van der Waals surface area contributed by atoms with E-state index in [-0.39, 0.29) is 24.0 Å². The summed E-state index contributed by atoms with van der Waals surface area (Å²) in [5.41, 5.74) is 1.61. The minimum Gasteiger partial charge on any atom is -0.356 e. The van der Waals surface area contributed by atoms with Crippen molar-refractivity contribution in [3.8, 4) is 0 Å². The first-order chi connectivity index (χ1) is 12.3. The number of halogens is 1. The van der Waals surface area contributed by atoms with Crippen LogP contribution in [0.5, 0.6) is 0 Å². The van der Waals surface area contributed by atoms with E-state index in [1.165, 1.54) is 37.2 Å². The van der Waals surface area contributed by atoms with E-state index in [0.717, 1.165) is 62.5 Å². The maximum atomic E-state index is 4.61. The molecule has 26 heavy (non-hydrogen) atoms. The van der Waals surface area contributed by atoms with Crippen molar-refractivity contribution >= 4 is 46.6 Å². The van der Waals surface area contributed by atoms with Gasteiger partial charge < -0.3 is 15.1 Å². The van der Waals surface area contributed by atoms with Crippen LogP contribution in [0.3, 0.4) is 0 Å². The number of anilines is 1. The predicted molar refractivity (Wildman–Crippen MR) is 121 cm³/mol. The Hall–Kier alpha value is -0.900. The topological polar surface area (TPSA) is 56.7 Å². The highest BCUT2D eigenvalue weighted by atomic mass is 127. The number of aromatic nitrogens is 2. The molecule has 0 spiro atoms. The van der Waals surface area contributed by atoms with E-state index < -0.39 is 0 Å². The average molecular weight is 490 g/mol. The summed E-state index contributed by atoms with van der Waals surface area (Å²) < 4.78 is 4.40. The zero-order valence-electron chi connectivity index (χ0n) is 15.9. The van der Waals surface area contributed by atoms with Gasteiger partial charge >= 0.3 is 0 Å². The standard InChI is InChI=1S/C18H30N6S.HI/c1-3-16-21-18(25-22-16)24-13-11-23(12-14-24)17(19-2)20-10-9-15-7-5-4-6-8-15;/h7H,3-6,8-14H2,1-2H3,(H,19,20);1H. The maximum absolute atomic E-state index is 4.61. The van der Waals surface area contributed by atoms with Gasteiger partial charge in [0.15, 0.2) is 5.96 Å². The quantitative estimate of drug-likeness (QED) is 0.297. The van der Waals surface area contributed by atoms with Gasteiger partial charge in [-0.25, -0.2) is 4.98 Å². The van der Waals surface area contributed by atoms with Crippen LogP contribution in [0.4, 0.5) is 5.13 Å². The molecule has 1 aromatic heterocycles. The summed E-state index contributed by atoms with van der Waals surface area (Å²) in [6, 6.07) is 0. The number of piperazine rings is 1. The first-order valence-electron chi connectivity index (χ1n) is 9.51. The zero-order chi connectivity index (χ0) is 17.5. The molecule has 0 saturated carbocycles. The van der Waals surface area contributed by atoms with Gasteiger partial charge in [-0.1, -0.05) is 18.6 Å². The second kappa shape index (κ2) is 11.1. The number of nitrogens with one attached hydrogen (secondary N) is 1. The summed E-state index contributed by atoms with van der Waals surface area (Å²) in [5.74, 6) is 1.99. The van der Waals surface area contributed by atoms with Gasteiger partial charge in [-0.2, -0.15) is 4.37 Å². The van der Waals surface area contributed by atoms with E-state index in [2.05, 4.69) is 42.5 Å². The van der Waals surface area contributed by atoms with Gasteiger partial charge in [-0.15, -0.1) is 24.0 Å². The Labute approximate surface area is 178 Å². The van der Waals surface area contributed by atoms with Gasteiger partial charge in [-0.3, -0.25) is 4.99 Å². The van der Waals surface area contributed by atoms with Crippen molar-refractivity contribution in [3.63, 3.8) is 0 Å². The molecule has 0 bridgehead atoms. The molecule has 0 unspecified atom stereocenters. The normalized spacial score (nSPS) is 18.4. The molecule has 2 heterocycles. The van der Waals surface area contributed by atoms with Crippen LogP contribution in [-0.2, 0) is 6.42 Å². The third-order valence-electron chi connectivity index (χ3n) is 4.95. The van der Waals surface area contributed by atoms with Crippen molar-refractivity contribution in [2.75, 3.05) is 44.7 Å².